The van der Waals surface area contributed by atoms with Crippen LogP contribution in [0.1, 0.15) is 50.4 Å². The minimum Gasteiger partial charge on any atom is -0.494 e. The van der Waals surface area contributed by atoms with Crippen molar-refractivity contribution >= 4 is 57.6 Å². The minimum absolute atomic E-state index is 0.204. The lowest BCUT2D eigenvalue weighted by Gasteiger charge is -2.24. The van der Waals surface area contributed by atoms with E-state index in [0.29, 0.717) is 62.7 Å². The van der Waals surface area contributed by atoms with Gasteiger partial charge < -0.3 is 18.9 Å². The van der Waals surface area contributed by atoms with Crippen LogP contribution in [0, 0.1) is 3.57 Å². The molecule has 45 heavy (non-hydrogen) atoms. The van der Waals surface area contributed by atoms with E-state index in [-0.39, 0.29) is 12.2 Å². The van der Waals surface area contributed by atoms with Crippen molar-refractivity contribution in [3.05, 3.63) is 117 Å². The number of hydrogen-bond acceptors (Lipinski definition) is 8. The van der Waals surface area contributed by atoms with Crippen LogP contribution in [0.5, 0.6) is 17.2 Å². The first-order valence-electron chi connectivity index (χ1n) is 14.5. The summed E-state index contributed by atoms with van der Waals surface area (Å²) in [6, 6.07) is 18.0. The lowest BCUT2D eigenvalue weighted by Crippen LogP contribution is -2.39. The number of carbonyl (C=O) groups excluding carboxylic acids is 1. The summed E-state index contributed by atoms with van der Waals surface area (Å²) in [7, 11) is 0. The Labute approximate surface area is 283 Å². The van der Waals surface area contributed by atoms with Gasteiger partial charge in [0.2, 0.25) is 0 Å². The highest BCUT2D eigenvalue weighted by molar-refractivity contribution is 14.1. The SMILES string of the molecule is CCOC(=O)C1=C(C)N=c2s/c(=C\c3cc(I)c(OCc4cccc(Cl)c4)c(OCC)c3)c(=O)n2[C@@H]1c1ccc(OCC)cc1. The summed E-state index contributed by atoms with van der Waals surface area (Å²) in [6.07, 6.45) is 1.81. The molecule has 0 unspecified atom stereocenters. The molecule has 0 saturated carbocycles. The lowest BCUT2D eigenvalue weighted by molar-refractivity contribution is -0.139. The van der Waals surface area contributed by atoms with E-state index < -0.39 is 12.0 Å². The molecule has 0 bridgehead atoms. The Morgan fingerprint density at radius 2 is 1.78 bits per heavy atom. The number of carbonyl (C=O) groups is 1. The van der Waals surface area contributed by atoms with E-state index in [9.17, 15) is 9.59 Å². The van der Waals surface area contributed by atoms with Gasteiger partial charge in [0, 0.05) is 5.02 Å². The second kappa shape index (κ2) is 14.7. The highest BCUT2D eigenvalue weighted by Gasteiger charge is 2.33. The van der Waals surface area contributed by atoms with Crippen LogP contribution in [0.15, 0.2) is 81.7 Å². The molecule has 3 aromatic carbocycles. The van der Waals surface area contributed by atoms with Gasteiger partial charge in [0.25, 0.3) is 5.56 Å². The molecule has 1 aliphatic heterocycles. The van der Waals surface area contributed by atoms with Crippen LogP contribution in [0.3, 0.4) is 0 Å². The van der Waals surface area contributed by atoms with Crippen LogP contribution in [-0.4, -0.2) is 30.4 Å². The number of nitrogens with zero attached hydrogens (tertiary/aromatic N) is 2. The van der Waals surface area contributed by atoms with Crippen LogP contribution in [0.25, 0.3) is 6.08 Å². The number of fused-ring (bicyclic) bond motifs is 1. The zero-order valence-corrected chi connectivity index (χ0v) is 29.0. The van der Waals surface area contributed by atoms with E-state index in [1.165, 1.54) is 11.3 Å². The normalized spacial score (nSPS) is 14.5. The molecule has 4 aromatic rings. The van der Waals surface area contributed by atoms with Gasteiger partial charge in [-0.2, -0.15) is 0 Å². The van der Waals surface area contributed by atoms with E-state index in [4.69, 9.17) is 30.5 Å². The summed E-state index contributed by atoms with van der Waals surface area (Å²) in [4.78, 5) is 32.4. The van der Waals surface area contributed by atoms with Crippen molar-refractivity contribution in [2.75, 3.05) is 19.8 Å². The average molecular weight is 759 g/mol. The highest BCUT2D eigenvalue weighted by Crippen LogP contribution is 2.36. The standard InChI is InChI=1S/C34H32ClIN2O6S/c1-5-41-25-13-11-23(12-14-25)30-29(33(40)43-7-3)20(4)37-34-38(30)32(39)28(45-34)18-22-16-26(36)31(27(17-22)42-6-2)44-19-21-9-8-10-24(35)15-21/h8-18,30H,5-7,19H2,1-4H3/b28-18-/t30-/m1/s1. The maximum absolute atomic E-state index is 14.1. The molecule has 0 saturated heterocycles. The molecule has 2 heterocycles. The van der Waals surface area contributed by atoms with Crippen LogP contribution >= 0.6 is 45.5 Å². The van der Waals surface area contributed by atoms with Crippen molar-refractivity contribution in [1.82, 2.24) is 4.57 Å². The fourth-order valence-corrected chi connectivity index (χ4v) is 7.07. The third-order valence-corrected chi connectivity index (χ3v) is 8.94. The molecule has 0 fully saturated rings. The molecule has 0 spiro atoms. The second-order valence-electron chi connectivity index (χ2n) is 9.99. The van der Waals surface area contributed by atoms with Crippen molar-refractivity contribution in [3.63, 3.8) is 0 Å². The maximum atomic E-state index is 14.1. The summed E-state index contributed by atoms with van der Waals surface area (Å²) < 4.78 is 26.0. The molecule has 0 N–H and O–H groups in total. The number of halogens is 2. The first-order chi connectivity index (χ1) is 21.7. The number of hydrogen-bond donors (Lipinski definition) is 0. The molecule has 234 valence electrons. The summed E-state index contributed by atoms with van der Waals surface area (Å²) in [6.45, 7) is 8.83. The smallest absolute Gasteiger partial charge is 0.338 e. The maximum Gasteiger partial charge on any atom is 0.338 e. The largest absolute Gasteiger partial charge is 0.494 e. The van der Waals surface area contributed by atoms with Gasteiger partial charge in [0.1, 0.15) is 12.4 Å². The van der Waals surface area contributed by atoms with Gasteiger partial charge in [-0.15, -0.1) is 0 Å². The van der Waals surface area contributed by atoms with Gasteiger partial charge in [-0.05, 0) is 109 Å². The fraction of sp³-hybridized carbons (Fsp3) is 0.265. The molecule has 11 heteroatoms. The number of rotatable bonds is 11. The molecule has 0 aliphatic carbocycles. The minimum atomic E-state index is -0.709. The van der Waals surface area contributed by atoms with Gasteiger partial charge in [-0.3, -0.25) is 9.36 Å². The molecule has 1 atom stereocenters. The summed E-state index contributed by atoms with van der Waals surface area (Å²) in [5, 5.41) is 0.641. The van der Waals surface area contributed by atoms with Crippen molar-refractivity contribution in [1.29, 1.82) is 0 Å². The Hall–Kier alpha value is -3.61. The molecule has 0 radical (unpaired) electrons. The van der Waals surface area contributed by atoms with Crippen molar-refractivity contribution in [2.24, 2.45) is 4.99 Å². The first-order valence-corrected chi connectivity index (χ1v) is 16.8. The van der Waals surface area contributed by atoms with E-state index >= 15 is 0 Å². The van der Waals surface area contributed by atoms with Crippen molar-refractivity contribution in [3.8, 4) is 17.2 Å². The lowest BCUT2D eigenvalue weighted by atomic mass is 9.96. The van der Waals surface area contributed by atoms with E-state index in [1.807, 2.05) is 80.6 Å². The van der Waals surface area contributed by atoms with Gasteiger partial charge in [-0.25, -0.2) is 9.79 Å². The molecular weight excluding hydrogens is 727 g/mol. The van der Waals surface area contributed by atoms with Gasteiger partial charge in [0.15, 0.2) is 16.3 Å². The highest BCUT2D eigenvalue weighted by atomic mass is 127. The van der Waals surface area contributed by atoms with Crippen LogP contribution in [0.4, 0.5) is 0 Å². The Bertz CT molecular complexity index is 1930. The monoisotopic (exact) mass is 758 g/mol. The van der Waals surface area contributed by atoms with E-state index in [2.05, 4.69) is 27.6 Å². The molecular formula is C34H32ClIN2O6S. The number of aromatic nitrogens is 1. The number of benzene rings is 3. The molecule has 8 nitrogen and oxygen atoms in total. The van der Waals surface area contributed by atoms with Crippen LogP contribution in [0.2, 0.25) is 5.02 Å². The Balaban J connectivity index is 1.58. The van der Waals surface area contributed by atoms with Gasteiger partial charge in [0.05, 0.1) is 45.2 Å². The Kier molecular flexibility index (Phi) is 10.7. The summed E-state index contributed by atoms with van der Waals surface area (Å²) in [5.41, 5.74) is 3.02. The van der Waals surface area contributed by atoms with E-state index in [1.54, 1.807) is 18.4 Å². The van der Waals surface area contributed by atoms with Crippen molar-refractivity contribution in [2.45, 2.75) is 40.3 Å². The third-order valence-electron chi connectivity index (χ3n) is 6.93. The number of thiazole rings is 1. The molecule has 1 aliphatic rings. The van der Waals surface area contributed by atoms with Crippen LogP contribution in [-0.2, 0) is 16.1 Å². The average Bonchev–Trinajstić information content (AvgIpc) is 3.30. The van der Waals surface area contributed by atoms with E-state index in [0.717, 1.165) is 20.3 Å². The summed E-state index contributed by atoms with van der Waals surface area (Å²) in [5.74, 6) is 1.38. The van der Waals surface area contributed by atoms with Gasteiger partial charge in [-0.1, -0.05) is 47.2 Å². The fourth-order valence-electron chi connectivity index (χ4n) is 5.03. The number of esters is 1. The molecule has 1 aromatic heterocycles. The topological polar surface area (TPSA) is 88.4 Å². The number of ether oxygens (including phenoxy) is 4. The quantitative estimate of drug-likeness (QED) is 0.130. The zero-order valence-electron chi connectivity index (χ0n) is 25.3. The summed E-state index contributed by atoms with van der Waals surface area (Å²) >= 11 is 9.62. The predicted molar refractivity (Wildman–Crippen MR) is 184 cm³/mol. The third kappa shape index (κ3) is 7.29. The second-order valence-corrected chi connectivity index (χ2v) is 12.6. The first kappa shape index (κ1) is 32.8. The Morgan fingerprint density at radius 1 is 1.02 bits per heavy atom. The van der Waals surface area contributed by atoms with Crippen molar-refractivity contribution < 1.29 is 23.7 Å². The molecule has 0 amide bonds. The number of allylic oxidation sites excluding steroid dienone is 1. The zero-order chi connectivity index (χ0) is 32.1. The Morgan fingerprint density at radius 3 is 2.47 bits per heavy atom. The van der Waals surface area contributed by atoms with Crippen LogP contribution < -0.4 is 29.1 Å². The predicted octanol–water partition coefficient (Wildman–Crippen LogP) is 6.43. The van der Waals surface area contributed by atoms with Gasteiger partial charge >= 0.3 is 5.97 Å². The molecule has 5 rings (SSSR count).